The summed E-state index contributed by atoms with van der Waals surface area (Å²) in [5.74, 6) is 0.390. The molecule has 2 aromatic carbocycles. The van der Waals surface area contributed by atoms with Crippen LogP contribution in [0.5, 0.6) is 5.75 Å². The fourth-order valence-corrected chi connectivity index (χ4v) is 3.13. The fraction of sp³-hybridized carbons (Fsp3) is 0.318. The monoisotopic (exact) mass is 394 g/mol. The Kier molecular flexibility index (Phi) is 6.97. The molecule has 0 aromatic heterocycles. The number of carbonyl (C=O) groups excluding carboxylic acids is 2. The normalized spacial score (nSPS) is 13.3. The predicted molar refractivity (Wildman–Crippen MR) is 113 cm³/mol. The quantitative estimate of drug-likeness (QED) is 0.747. The Morgan fingerprint density at radius 3 is 2.66 bits per heavy atom. The van der Waals surface area contributed by atoms with Crippen LogP contribution in [0.1, 0.15) is 18.9 Å². The summed E-state index contributed by atoms with van der Waals surface area (Å²) in [5.41, 5.74) is 2.61. The molecule has 2 aromatic rings. The maximum atomic E-state index is 12.6. The van der Waals surface area contributed by atoms with Crippen molar-refractivity contribution in [3.8, 4) is 5.75 Å². The number of carbonyl (C=O) groups is 2. The van der Waals surface area contributed by atoms with Gasteiger partial charge in [-0.1, -0.05) is 43.3 Å². The van der Waals surface area contributed by atoms with Gasteiger partial charge in [0.25, 0.3) is 5.91 Å². The minimum absolute atomic E-state index is 0.105. The van der Waals surface area contributed by atoms with Crippen LogP contribution in [-0.4, -0.2) is 60.7 Å². The van der Waals surface area contributed by atoms with Crippen molar-refractivity contribution < 1.29 is 14.3 Å². The number of hydrogen-bond donors (Lipinski definition) is 1. The number of rotatable bonds is 8. The molecule has 1 aliphatic heterocycles. The average molecular weight is 394 g/mol. The second kappa shape index (κ2) is 9.84. The van der Waals surface area contributed by atoms with Crippen molar-refractivity contribution in [1.29, 1.82) is 0 Å². The summed E-state index contributed by atoms with van der Waals surface area (Å²) in [6, 6.07) is 17.0. The van der Waals surface area contributed by atoms with Gasteiger partial charge in [0.05, 0.1) is 32.5 Å². The van der Waals surface area contributed by atoms with Crippen LogP contribution in [0.15, 0.2) is 59.7 Å². The highest BCUT2D eigenvalue weighted by atomic mass is 16.5. The maximum Gasteiger partial charge on any atom is 0.256 e. The van der Waals surface area contributed by atoms with Gasteiger partial charge in [-0.25, -0.2) is 5.01 Å². The van der Waals surface area contributed by atoms with Crippen molar-refractivity contribution in [3.05, 3.63) is 60.2 Å². The molecule has 0 aliphatic carbocycles. The first-order chi connectivity index (χ1) is 14.1. The van der Waals surface area contributed by atoms with Crippen molar-refractivity contribution in [3.63, 3.8) is 0 Å². The standard InChI is InChI=1S/C22H26N4O3/c1-3-25(15-21(27)23-18-10-7-11-19(14-18)29-2)16-22(28)26-13-12-20(24-26)17-8-5-4-6-9-17/h4-11,14H,3,12-13,15-16H2,1-2H3,(H,23,27). The number of anilines is 1. The molecular formula is C22H26N4O3. The summed E-state index contributed by atoms with van der Waals surface area (Å²) in [6.07, 6.45) is 0.734. The number of amides is 2. The minimum Gasteiger partial charge on any atom is -0.497 e. The molecule has 0 atom stereocenters. The van der Waals surface area contributed by atoms with Crippen LogP contribution >= 0.6 is 0 Å². The number of hydrogen-bond acceptors (Lipinski definition) is 5. The third-order valence-electron chi connectivity index (χ3n) is 4.72. The van der Waals surface area contributed by atoms with E-state index in [9.17, 15) is 9.59 Å². The van der Waals surface area contributed by atoms with Gasteiger partial charge >= 0.3 is 0 Å². The summed E-state index contributed by atoms with van der Waals surface area (Å²) >= 11 is 0. The lowest BCUT2D eigenvalue weighted by atomic mass is 10.1. The lowest BCUT2D eigenvalue weighted by Crippen LogP contribution is -2.40. The van der Waals surface area contributed by atoms with E-state index < -0.39 is 0 Å². The molecular weight excluding hydrogens is 368 g/mol. The molecule has 7 nitrogen and oxygen atoms in total. The van der Waals surface area contributed by atoms with Gasteiger partial charge in [0.1, 0.15) is 5.75 Å². The van der Waals surface area contributed by atoms with E-state index in [1.54, 1.807) is 24.1 Å². The van der Waals surface area contributed by atoms with Crippen LogP contribution in [0.2, 0.25) is 0 Å². The van der Waals surface area contributed by atoms with Crippen molar-refractivity contribution in [2.24, 2.45) is 5.10 Å². The Bertz CT molecular complexity index is 883. The van der Waals surface area contributed by atoms with E-state index in [4.69, 9.17) is 4.74 Å². The summed E-state index contributed by atoms with van der Waals surface area (Å²) in [7, 11) is 1.58. The van der Waals surface area contributed by atoms with Gasteiger partial charge in [-0.15, -0.1) is 0 Å². The number of benzene rings is 2. The van der Waals surface area contributed by atoms with Crippen molar-refractivity contribution in [1.82, 2.24) is 9.91 Å². The lowest BCUT2D eigenvalue weighted by Gasteiger charge is -2.21. The fourth-order valence-electron chi connectivity index (χ4n) is 3.13. The Morgan fingerprint density at radius 1 is 1.14 bits per heavy atom. The zero-order valence-corrected chi connectivity index (χ0v) is 16.8. The van der Waals surface area contributed by atoms with Crippen LogP contribution in [0.25, 0.3) is 0 Å². The van der Waals surface area contributed by atoms with Crippen LogP contribution in [0, 0.1) is 0 Å². The van der Waals surface area contributed by atoms with E-state index in [1.807, 2.05) is 49.4 Å². The Labute approximate surface area is 171 Å². The Balaban J connectivity index is 1.54. The largest absolute Gasteiger partial charge is 0.497 e. The summed E-state index contributed by atoms with van der Waals surface area (Å²) < 4.78 is 5.16. The summed E-state index contributed by atoms with van der Waals surface area (Å²) in [5, 5.41) is 8.82. The van der Waals surface area contributed by atoms with Gasteiger partial charge < -0.3 is 10.1 Å². The first-order valence-electron chi connectivity index (χ1n) is 9.68. The van der Waals surface area contributed by atoms with Crippen LogP contribution < -0.4 is 10.1 Å². The summed E-state index contributed by atoms with van der Waals surface area (Å²) in [6.45, 7) is 3.35. The highest BCUT2D eigenvalue weighted by Gasteiger charge is 2.23. The van der Waals surface area contributed by atoms with Crippen molar-refractivity contribution in [2.45, 2.75) is 13.3 Å². The van der Waals surface area contributed by atoms with E-state index >= 15 is 0 Å². The number of nitrogens with one attached hydrogen (secondary N) is 1. The molecule has 1 heterocycles. The second-order valence-corrected chi connectivity index (χ2v) is 6.76. The van der Waals surface area contributed by atoms with Crippen molar-refractivity contribution >= 4 is 23.2 Å². The zero-order chi connectivity index (χ0) is 20.6. The van der Waals surface area contributed by atoms with Gasteiger partial charge in [-0.2, -0.15) is 5.10 Å². The van der Waals surface area contributed by atoms with Crippen molar-refractivity contribution in [2.75, 3.05) is 38.6 Å². The van der Waals surface area contributed by atoms with E-state index in [0.717, 1.165) is 17.7 Å². The Hall–Kier alpha value is -3.19. The third kappa shape index (κ3) is 5.65. The first kappa shape index (κ1) is 20.5. The predicted octanol–water partition coefficient (Wildman–Crippen LogP) is 2.59. The maximum absolute atomic E-state index is 12.6. The number of ether oxygens (including phenoxy) is 1. The number of likely N-dealkylation sites (N-methyl/N-ethyl adjacent to an activating group) is 1. The zero-order valence-electron chi connectivity index (χ0n) is 16.8. The summed E-state index contributed by atoms with van der Waals surface area (Å²) in [4.78, 5) is 26.8. The molecule has 29 heavy (non-hydrogen) atoms. The van der Waals surface area contributed by atoms with Gasteiger partial charge in [-0.05, 0) is 24.2 Å². The molecule has 0 saturated carbocycles. The smallest absolute Gasteiger partial charge is 0.256 e. The average Bonchev–Trinajstić information content (AvgIpc) is 3.24. The molecule has 0 unspecified atom stereocenters. The Morgan fingerprint density at radius 2 is 1.93 bits per heavy atom. The molecule has 0 radical (unpaired) electrons. The highest BCUT2D eigenvalue weighted by Crippen LogP contribution is 2.17. The number of hydrazone groups is 1. The van der Waals surface area contributed by atoms with E-state index in [-0.39, 0.29) is 24.9 Å². The van der Waals surface area contributed by atoms with Gasteiger partial charge in [-0.3, -0.25) is 14.5 Å². The SMILES string of the molecule is CCN(CC(=O)Nc1cccc(OC)c1)CC(=O)N1CCC(c2ccccc2)=N1. The highest BCUT2D eigenvalue weighted by molar-refractivity contribution is 6.02. The molecule has 1 N–H and O–H groups in total. The molecule has 0 spiro atoms. The van der Waals surface area contributed by atoms with Gasteiger partial charge in [0, 0.05) is 18.2 Å². The molecule has 1 aliphatic rings. The molecule has 152 valence electrons. The van der Waals surface area contributed by atoms with Crippen LogP contribution in [0.4, 0.5) is 5.69 Å². The first-order valence-corrected chi connectivity index (χ1v) is 9.68. The molecule has 0 saturated heterocycles. The topological polar surface area (TPSA) is 74.2 Å². The number of nitrogens with zero attached hydrogens (tertiary/aromatic N) is 3. The van der Waals surface area contributed by atoms with Gasteiger partial charge in [0.2, 0.25) is 5.91 Å². The second-order valence-electron chi connectivity index (χ2n) is 6.76. The van der Waals surface area contributed by atoms with E-state index in [2.05, 4.69) is 10.4 Å². The molecule has 0 bridgehead atoms. The minimum atomic E-state index is -0.178. The van der Waals surface area contributed by atoms with Crippen LogP contribution in [0.3, 0.4) is 0 Å². The number of methoxy groups -OCH3 is 1. The lowest BCUT2D eigenvalue weighted by molar-refractivity contribution is -0.132. The van der Waals surface area contributed by atoms with Gasteiger partial charge in [0.15, 0.2) is 0 Å². The molecule has 0 fully saturated rings. The van der Waals surface area contributed by atoms with E-state index in [1.165, 1.54) is 5.01 Å². The third-order valence-corrected chi connectivity index (χ3v) is 4.72. The molecule has 7 heteroatoms. The van der Waals surface area contributed by atoms with Crippen LogP contribution in [-0.2, 0) is 9.59 Å². The molecule has 3 rings (SSSR count). The van der Waals surface area contributed by atoms with E-state index in [0.29, 0.717) is 24.5 Å². The molecule has 2 amide bonds.